The van der Waals surface area contributed by atoms with Gasteiger partial charge in [0, 0.05) is 11.5 Å². The molecule has 146 valence electrons. The fraction of sp³-hybridized carbons (Fsp3) is 0.429. The molecule has 0 fully saturated rings. The third-order valence-corrected chi connectivity index (χ3v) is 4.76. The molecule has 2 heterocycles. The van der Waals surface area contributed by atoms with Gasteiger partial charge in [0.15, 0.2) is 5.82 Å². The van der Waals surface area contributed by atoms with Crippen LogP contribution in [0.5, 0.6) is 5.75 Å². The van der Waals surface area contributed by atoms with Crippen molar-refractivity contribution in [3.8, 4) is 17.5 Å². The van der Waals surface area contributed by atoms with E-state index in [1.165, 1.54) is 6.07 Å². The second-order valence-corrected chi connectivity index (χ2v) is 7.87. The number of ether oxygens (including phenoxy) is 1. The number of benzene rings is 1. The summed E-state index contributed by atoms with van der Waals surface area (Å²) in [6.07, 6.45) is 0. The summed E-state index contributed by atoms with van der Waals surface area (Å²) in [5.41, 5.74) is 2.51. The molecule has 0 bridgehead atoms. The molecule has 3 rings (SSSR count). The Bertz CT molecular complexity index is 1080. The van der Waals surface area contributed by atoms with E-state index >= 15 is 0 Å². The van der Waals surface area contributed by atoms with Gasteiger partial charge in [0.2, 0.25) is 0 Å². The predicted molar refractivity (Wildman–Crippen MR) is 105 cm³/mol. The largest absolute Gasteiger partial charge is 0.494 e. The van der Waals surface area contributed by atoms with Crippen molar-refractivity contribution in [2.24, 2.45) is 5.41 Å². The molecule has 0 aliphatic carbocycles. The van der Waals surface area contributed by atoms with Gasteiger partial charge in [-0.15, -0.1) is 0 Å². The molecule has 7 heteroatoms. The van der Waals surface area contributed by atoms with Crippen molar-refractivity contribution in [1.82, 2.24) is 20.0 Å². The summed E-state index contributed by atoms with van der Waals surface area (Å²) < 4.78 is 21.7. The van der Waals surface area contributed by atoms with Crippen LogP contribution < -0.4 is 4.74 Å². The molecule has 2 aromatic heterocycles. The number of aromatic nitrogens is 4. The summed E-state index contributed by atoms with van der Waals surface area (Å²) in [6.45, 7) is 11.9. The summed E-state index contributed by atoms with van der Waals surface area (Å²) >= 11 is 0. The lowest BCUT2D eigenvalue weighted by atomic mass is 9.79. The molecule has 0 aliphatic rings. The highest BCUT2D eigenvalue weighted by molar-refractivity contribution is 5.86. The van der Waals surface area contributed by atoms with Gasteiger partial charge in [-0.25, -0.2) is 9.07 Å². The van der Waals surface area contributed by atoms with Crippen LogP contribution in [-0.4, -0.2) is 26.6 Å². The smallest absolute Gasteiger partial charge is 0.152 e. The zero-order chi connectivity index (χ0) is 20.6. The minimum absolute atomic E-state index is 0.312. The molecule has 0 saturated heterocycles. The highest BCUT2D eigenvalue weighted by Gasteiger charge is 2.31. The Kier molecular flexibility index (Phi) is 5.07. The van der Waals surface area contributed by atoms with Crippen LogP contribution >= 0.6 is 0 Å². The highest BCUT2D eigenvalue weighted by Crippen LogP contribution is 2.37. The van der Waals surface area contributed by atoms with Crippen LogP contribution in [0.3, 0.4) is 0 Å². The quantitative estimate of drug-likeness (QED) is 0.659. The SMILES string of the molecule is CCOc1ccc(-n2nc3c(C(C#N)C(C)(C)C)nnc(C)c3c2C)c(F)c1. The van der Waals surface area contributed by atoms with E-state index in [1.807, 2.05) is 41.5 Å². The summed E-state index contributed by atoms with van der Waals surface area (Å²) in [5, 5.41) is 23.7. The third-order valence-electron chi connectivity index (χ3n) is 4.76. The van der Waals surface area contributed by atoms with Gasteiger partial charge in [-0.1, -0.05) is 20.8 Å². The first-order valence-electron chi connectivity index (χ1n) is 9.23. The maximum atomic E-state index is 14.8. The molecule has 1 unspecified atom stereocenters. The fourth-order valence-electron chi connectivity index (χ4n) is 3.35. The van der Waals surface area contributed by atoms with Crippen molar-refractivity contribution >= 4 is 10.9 Å². The van der Waals surface area contributed by atoms with Gasteiger partial charge < -0.3 is 4.74 Å². The maximum absolute atomic E-state index is 14.8. The number of halogens is 1. The third kappa shape index (κ3) is 3.31. The first-order valence-corrected chi connectivity index (χ1v) is 9.23. The van der Waals surface area contributed by atoms with Gasteiger partial charge in [0.25, 0.3) is 0 Å². The zero-order valence-electron chi connectivity index (χ0n) is 17.0. The lowest BCUT2D eigenvalue weighted by molar-refractivity contribution is 0.338. The van der Waals surface area contributed by atoms with Crippen molar-refractivity contribution in [2.75, 3.05) is 6.61 Å². The Morgan fingerprint density at radius 3 is 2.54 bits per heavy atom. The van der Waals surface area contributed by atoms with Crippen LogP contribution in [0.1, 0.15) is 50.7 Å². The summed E-state index contributed by atoms with van der Waals surface area (Å²) in [6, 6.07) is 7.03. The van der Waals surface area contributed by atoms with Crippen LogP contribution in [0.4, 0.5) is 4.39 Å². The first kappa shape index (κ1) is 19.7. The molecular formula is C21H24FN5O. The molecule has 0 amide bonds. The van der Waals surface area contributed by atoms with Crippen molar-refractivity contribution in [3.05, 3.63) is 41.1 Å². The van der Waals surface area contributed by atoms with E-state index in [1.54, 1.807) is 16.8 Å². The van der Waals surface area contributed by atoms with Crippen LogP contribution in [0.25, 0.3) is 16.6 Å². The lowest BCUT2D eigenvalue weighted by Gasteiger charge is -2.23. The minimum Gasteiger partial charge on any atom is -0.494 e. The Labute approximate surface area is 164 Å². The van der Waals surface area contributed by atoms with Crippen molar-refractivity contribution < 1.29 is 9.13 Å². The van der Waals surface area contributed by atoms with Crippen LogP contribution in [0.15, 0.2) is 18.2 Å². The number of hydrogen-bond donors (Lipinski definition) is 0. The second kappa shape index (κ2) is 7.19. The van der Waals surface area contributed by atoms with E-state index in [9.17, 15) is 9.65 Å². The highest BCUT2D eigenvalue weighted by atomic mass is 19.1. The number of fused-ring (bicyclic) bond motifs is 1. The lowest BCUT2D eigenvalue weighted by Crippen LogP contribution is -2.19. The number of nitrogens with zero attached hydrogens (tertiary/aromatic N) is 5. The van der Waals surface area contributed by atoms with Crippen molar-refractivity contribution in [1.29, 1.82) is 5.26 Å². The fourth-order valence-corrected chi connectivity index (χ4v) is 3.35. The van der Waals surface area contributed by atoms with E-state index in [2.05, 4.69) is 21.4 Å². The van der Waals surface area contributed by atoms with E-state index < -0.39 is 11.7 Å². The molecule has 3 aromatic rings. The first-order chi connectivity index (χ1) is 13.2. The zero-order valence-corrected chi connectivity index (χ0v) is 17.0. The molecule has 1 aromatic carbocycles. The summed E-state index contributed by atoms with van der Waals surface area (Å²) in [7, 11) is 0. The van der Waals surface area contributed by atoms with Gasteiger partial charge in [0.1, 0.15) is 22.6 Å². The number of nitriles is 1. The standard InChI is InChI=1S/C21H24FN5O/c1-7-28-14-8-9-17(16(22)10-14)27-13(3)18-12(2)24-25-19(20(18)26-27)15(11-23)21(4,5)6/h8-10,15H,7H2,1-6H3. The average molecular weight is 381 g/mol. The molecule has 6 nitrogen and oxygen atoms in total. The van der Waals surface area contributed by atoms with Gasteiger partial charge in [-0.05, 0) is 38.3 Å². The topological polar surface area (TPSA) is 76.6 Å². The summed E-state index contributed by atoms with van der Waals surface area (Å²) in [4.78, 5) is 0. The summed E-state index contributed by atoms with van der Waals surface area (Å²) in [5.74, 6) is -0.457. The Morgan fingerprint density at radius 1 is 1.25 bits per heavy atom. The van der Waals surface area contributed by atoms with E-state index in [0.717, 1.165) is 11.1 Å². The number of hydrogen-bond acceptors (Lipinski definition) is 5. The van der Waals surface area contributed by atoms with Crippen LogP contribution in [0.2, 0.25) is 0 Å². The minimum atomic E-state index is -0.490. The predicted octanol–water partition coefficient (Wildman–Crippen LogP) is 4.62. The Hall–Kier alpha value is -3.01. The molecule has 0 N–H and O–H groups in total. The van der Waals surface area contributed by atoms with E-state index in [4.69, 9.17) is 4.74 Å². The monoisotopic (exact) mass is 381 g/mol. The molecular weight excluding hydrogens is 357 g/mol. The van der Waals surface area contributed by atoms with Crippen molar-refractivity contribution in [2.45, 2.75) is 47.5 Å². The van der Waals surface area contributed by atoms with Gasteiger partial charge in [-0.2, -0.15) is 20.6 Å². The number of aryl methyl sites for hydroxylation is 2. The van der Waals surface area contributed by atoms with E-state index in [-0.39, 0.29) is 5.41 Å². The van der Waals surface area contributed by atoms with Gasteiger partial charge in [0.05, 0.1) is 30.0 Å². The van der Waals surface area contributed by atoms with Gasteiger partial charge in [-0.3, -0.25) is 0 Å². The van der Waals surface area contributed by atoms with Gasteiger partial charge >= 0.3 is 0 Å². The Morgan fingerprint density at radius 2 is 1.96 bits per heavy atom. The molecule has 0 spiro atoms. The molecule has 0 aliphatic heterocycles. The number of rotatable bonds is 4. The molecule has 1 atom stereocenters. The Balaban J connectivity index is 2.25. The van der Waals surface area contributed by atoms with Crippen LogP contribution in [0, 0.1) is 36.4 Å². The van der Waals surface area contributed by atoms with E-state index in [0.29, 0.717) is 34.9 Å². The molecule has 0 radical (unpaired) electrons. The maximum Gasteiger partial charge on any atom is 0.152 e. The van der Waals surface area contributed by atoms with Crippen molar-refractivity contribution in [3.63, 3.8) is 0 Å². The molecule has 28 heavy (non-hydrogen) atoms. The molecule has 0 saturated carbocycles. The van der Waals surface area contributed by atoms with Crippen LogP contribution in [-0.2, 0) is 0 Å². The average Bonchev–Trinajstić information content (AvgIpc) is 2.95. The normalized spacial score (nSPS) is 12.8. The second-order valence-electron chi connectivity index (χ2n) is 7.87.